The van der Waals surface area contributed by atoms with E-state index in [9.17, 15) is 3.89 Å². The molecule has 0 spiro atoms. The number of aromatic nitrogens is 2. The fourth-order valence-corrected chi connectivity index (χ4v) is 3.44. The van der Waals surface area contributed by atoms with Crippen LogP contribution in [0.25, 0.3) is 17.1 Å². The molecule has 3 rings (SSSR count). The summed E-state index contributed by atoms with van der Waals surface area (Å²) in [6.45, 7) is 15.2. The molecule has 0 unspecified atom stereocenters. The van der Waals surface area contributed by atoms with Crippen LogP contribution < -0.4 is 0 Å². The molecular weight excluding hydrogens is 379 g/mol. The first kappa shape index (κ1) is 25.0. The highest BCUT2D eigenvalue weighted by atomic mass is 32.2. The topological polar surface area (TPSA) is 17.8 Å². The van der Waals surface area contributed by atoms with Crippen molar-refractivity contribution in [1.29, 1.82) is 0 Å². The average molecular weight is 415 g/mol. The number of halogens is 1. The van der Waals surface area contributed by atoms with Gasteiger partial charge in [0.05, 0.1) is 5.69 Å². The summed E-state index contributed by atoms with van der Waals surface area (Å²) >= 11 is 0.250. The van der Waals surface area contributed by atoms with E-state index in [1.54, 1.807) is 0 Å². The summed E-state index contributed by atoms with van der Waals surface area (Å²) in [4.78, 5) is 4.67. The lowest BCUT2D eigenvalue weighted by Crippen LogP contribution is -2.04. The molecule has 0 saturated carbocycles. The molecule has 0 aliphatic heterocycles. The first-order chi connectivity index (χ1) is 13.8. The molecule has 0 amide bonds. The Bertz CT molecular complexity index is 859. The molecule has 2 nitrogen and oxygen atoms in total. The number of hydrogen-bond acceptors (Lipinski definition) is 2. The van der Waals surface area contributed by atoms with Gasteiger partial charge in [0.2, 0.25) is 0 Å². The highest BCUT2D eigenvalue weighted by Gasteiger charge is 2.16. The maximum atomic E-state index is 10.2. The second-order valence-electron chi connectivity index (χ2n) is 7.47. The molecular formula is C25H35FN2S. The Morgan fingerprint density at radius 3 is 2.07 bits per heavy atom. The van der Waals surface area contributed by atoms with E-state index in [2.05, 4.69) is 101 Å². The van der Waals surface area contributed by atoms with E-state index >= 15 is 0 Å². The Hall–Kier alpha value is -2.07. The Labute approximate surface area is 180 Å². The van der Waals surface area contributed by atoms with Gasteiger partial charge in [0.15, 0.2) is 0 Å². The maximum Gasteiger partial charge on any atom is 0.144 e. The summed E-state index contributed by atoms with van der Waals surface area (Å²) in [6.07, 6.45) is 6.59. The van der Waals surface area contributed by atoms with Crippen LogP contribution in [0.2, 0.25) is 0 Å². The van der Waals surface area contributed by atoms with Crippen LogP contribution in [0.5, 0.6) is 0 Å². The van der Waals surface area contributed by atoms with E-state index < -0.39 is 0 Å². The van der Waals surface area contributed by atoms with Gasteiger partial charge in [0.1, 0.15) is 5.82 Å². The first-order valence-electron chi connectivity index (χ1n) is 10.2. The molecule has 1 heterocycles. The summed E-state index contributed by atoms with van der Waals surface area (Å²) in [5, 5.41) is 0. The molecule has 158 valence electrons. The third-order valence-electron chi connectivity index (χ3n) is 4.34. The standard InChI is InChI=1S/C21H24N2.C3H8.CH3FS/c1-14(2)18-8-6-7-9-19(18)21-22-10-11-23(21)20-16(4)12-15(3)13-17(20)5;2*1-3-2/h6-14H,1-5H3;3H2,1-2H3;1H3. The summed E-state index contributed by atoms with van der Waals surface area (Å²) in [5.41, 5.74) is 7.65. The summed E-state index contributed by atoms with van der Waals surface area (Å²) in [7, 11) is 0. The minimum atomic E-state index is 0.250. The van der Waals surface area contributed by atoms with Gasteiger partial charge in [-0.1, -0.05) is 76.1 Å². The van der Waals surface area contributed by atoms with Crippen LogP contribution in [0, 0.1) is 20.8 Å². The summed E-state index contributed by atoms with van der Waals surface area (Å²) in [6, 6.07) is 13.0. The normalized spacial score (nSPS) is 10.1. The Morgan fingerprint density at radius 2 is 1.55 bits per heavy atom. The van der Waals surface area contributed by atoms with Crippen LogP contribution in [0.1, 0.15) is 62.3 Å². The van der Waals surface area contributed by atoms with Crippen LogP contribution in [-0.2, 0) is 0 Å². The van der Waals surface area contributed by atoms with Crippen molar-refractivity contribution in [2.75, 3.05) is 6.26 Å². The summed E-state index contributed by atoms with van der Waals surface area (Å²) < 4.78 is 12.4. The lowest BCUT2D eigenvalue weighted by Gasteiger charge is -2.17. The van der Waals surface area contributed by atoms with Crippen molar-refractivity contribution in [3.8, 4) is 17.1 Å². The largest absolute Gasteiger partial charge is 0.299 e. The molecule has 0 aliphatic rings. The Kier molecular flexibility index (Phi) is 10.7. The van der Waals surface area contributed by atoms with E-state index in [0.717, 1.165) is 5.82 Å². The number of aryl methyl sites for hydroxylation is 3. The Balaban J connectivity index is 0.000000626. The molecule has 2 aromatic carbocycles. The van der Waals surface area contributed by atoms with Crippen molar-refractivity contribution < 1.29 is 3.89 Å². The van der Waals surface area contributed by atoms with E-state index in [1.165, 1.54) is 46.2 Å². The molecule has 0 radical (unpaired) electrons. The second-order valence-corrected chi connectivity index (χ2v) is 7.78. The van der Waals surface area contributed by atoms with Gasteiger partial charge in [0.25, 0.3) is 0 Å². The van der Waals surface area contributed by atoms with Crippen LogP contribution in [0.4, 0.5) is 3.89 Å². The summed E-state index contributed by atoms with van der Waals surface area (Å²) in [5.74, 6) is 1.49. The van der Waals surface area contributed by atoms with Gasteiger partial charge >= 0.3 is 0 Å². The van der Waals surface area contributed by atoms with Crippen LogP contribution >= 0.6 is 12.1 Å². The predicted octanol–water partition coefficient (Wildman–Crippen LogP) is 8.24. The zero-order valence-electron chi connectivity index (χ0n) is 19.1. The van der Waals surface area contributed by atoms with Crippen LogP contribution in [-0.4, -0.2) is 15.8 Å². The van der Waals surface area contributed by atoms with Crippen LogP contribution in [0.15, 0.2) is 48.8 Å². The maximum absolute atomic E-state index is 10.2. The third-order valence-corrected chi connectivity index (χ3v) is 4.34. The zero-order valence-corrected chi connectivity index (χ0v) is 19.9. The Morgan fingerprint density at radius 1 is 1.03 bits per heavy atom. The zero-order chi connectivity index (χ0) is 22.0. The number of rotatable bonds is 3. The quantitative estimate of drug-likeness (QED) is 0.429. The molecule has 1 aromatic heterocycles. The van der Waals surface area contributed by atoms with Crippen molar-refractivity contribution in [3.05, 3.63) is 71.0 Å². The highest BCUT2D eigenvalue weighted by Crippen LogP contribution is 2.31. The lowest BCUT2D eigenvalue weighted by molar-refractivity contribution is 0.864. The first-order valence-corrected chi connectivity index (χ1v) is 11.3. The molecule has 0 fully saturated rings. The average Bonchev–Trinajstić information content (AvgIpc) is 3.11. The van der Waals surface area contributed by atoms with Gasteiger partial charge in [-0.05, 0) is 43.4 Å². The molecule has 3 aromatic rings. The van der Waals surface area contributed by atoms with Gasteiger partial charge < -0.3 is 0 Å². The number of imidazole rings is 1. The van der Waals surface area contributed by atoms with E-state index in [0.29, 0.717) is 5.92 Å². The second kappa shape index (κ2) is 12.5. The monoisotopic (exact) mass is 414 g/mol. The molecule has 0 saturated heterocycles. The van der Waals surface area contributed by atoms with Crippen molar-refractivity contribution in [2.24, 2.45) is 0 Å². The number of benzene rings is 2. The number of nitrogens with zero attached hydrogens (tertiary/aromatic N) is 2. The smallest absolute Gasteiger partial charge is 0.144 e. The third kappa shape index (κ3) is 6.74. The van der Waals surface area contributed by atoms with Gasteiger partial charge in [-0.2, -0.15) is 3.89 Å². The molecule has 0 N–H and O–H groups in total. The fourth-order valence-electron chi connectivity index (χ4n) is 3.44. The molecule has 0 bridgehead atoms. The minimum Gasteiger partial charge on any atom is -0.299 e. The van der Waals surface area contributed by atoms with Crippen LogP contribution in [0.3, 0.4) is 0 Å². The fraction of sp³-hybridized carbons (Fsp3) is 0.400. The van der Waals surface area contributed by atoms with E-state index in [-0.39, 0.29) is 12.1 Å². The van der Waals surface area contributed by atoms with Crippen molar-refractivity contribution >= 4 is 12.1 Å². The molecule has 29 heavy (non-hydrogen) atoms. The SMILES string of the molecule is CCC.CSF.Cc1cc(C)c(-n2ccnc2-c2ccccc2C(C)C)c(C)c1. The van der Waals surface area contributed by atoms with Crippen molar-refractivity contribution in [2.45, 2.75) is 60.8 Å². The minimum absolute atomic E-state index is 0.250. The van der Waals surface area contributed by atoms with Gasteiger partial charge in [-0.15, -0.1) is 0 Å². The van der Waals surface area contributed by atoms with E-state index in [1.807, 2.05) is 6.20 Å². The molecule has 0 aliphatic carbocycles. The molecule has 4 heteroatoms. The van der Waals surface area contributed by atoms with Gasteiger partial charge in [-0.25, -0.2) is 4.98 Å². The lowest BCUT2D eigenvalue weighted by atomic mass is 9.96. The molecule has 0 atom stereocenters. The predicted molar refractivity (Wildman–Crippen MR) is 128 cm³/mol. The highest BCUT2D eigenvalue weighted by molar-refractivity contribution is 7.93. The van der Waals surface area contributed by atoms with E-state index in [4.69, 9.17) is 0 Å². The van der Waals surface area contributed by atoms with Gasteiger partial charge in [-0.3, -0.25) is 4.57 Å². The number of hydrogen-bond donors (Lipinski definition) is 0. The van der Waals surface area contributed by atoms with Crippen molar-refractivity contribution in [3.63, 3.8) is 0 Å². The van der Waals surface area contributed by atoms with Gasteiger partial charge in [0, 0.05) is 36.4 Å². The van der Waals surface area contributed by atoms with Crippen molar-refractivity contribution in [1.82, 2.24) is 9.55 Å².